The van der Waals surface area contributed by atoms with E-state index in [9.17, 15) is 0 Å². The minimum atomic E-state index is 0.545. The van der Waals surface area contributed by atoms with Crippen molar-refractivity contribution in [3.8, 4) is 0 Å². The van der Waals surface area contributed by atoms with Crippen molar-refractivity contribution in [3.05, 3.63) is 0 Å². The van der Waals surface area contributed by atoms with Crippen molar-refractivity contribution < 1.29 is 4.74 Å². The molecule has 2 heteroatoms. The number of rotatable bonds is 4. The molecule has 0 aromatic heterocycles. The lowest BCUT2D eigenvalue weighted by atomic mass is 9.43. The maximum atomic E-state index is 5.45. The van der Waals surface area contributed by atoms with Gasteiger partial charge in [-0.1, -0.05) is 6.92 Å². The summed E-state index contributed by atoms with van der Waals surface area (Å²) in [5.74, 6) is 2.02. The number of nitrogens with one attached hydrogen (secondary N) is 1. The van der Waals surface area contributed by atoms with Gasteiger partial charge in [0, 0.05) is 13.2 Å². The van der Waals surface area contributed by atoms with Gasteiger partial charge in [0.25, 0.3) is 0 Å². The van der Waals surface area contributed by atoms with Gasteiger partial charge in [0.2, 0.25) is 0 Å². The van der Waals surface area contributed by atoms with Crippen LogP contribution >= 0.6 is 0 Å². The third kappa shape index (κ3) is 1.84. The third-order valence-electron chi connectivity index (χ3n) is 5.82. The van der Waals surface area contributed by atoms with Crippen LogP contribution in [0.4, 0.5) is 0 Å². The second-order valence-electron chi connectivity index (χ2n) is 7.43. The summed E-state index contributed by atoms with van der Waals surface area (Å²) in [5, 5.41) is 3.55. The molecule has 4 aliphatic carbocycles. The quantitative estimate of drug-likeness (QED) is 0.812. The predicted molar refractivity (Wildman–Crippen MR) is 69.9 cm³/mol. The fraction of sp³-hybridized carbons (Fsp3) is 1.00. The fourth-order valence-electron chi connectivity index (χ4n) is 5.94. The summed E-state index contributed by atoms with van der Waals surface area (Å²) >= 11 is 0. The van der Waals surface area contributed by atoms with Gasteiger partial charge in [-0.25, -0.2) is 0 Å². The van der Waals surface area contributed by atoms with Gasteiger partial charge >= 0.3 is 0 Å². The lowest BCUT2D eigenvalue weighted by molar-refractivity contribution is -0.124. The van der Waals surface area contributed by atoms with Crippen molar-refractivity contribution in [2.24, 2.45) is 22.7 Å². The number of hydrogen-bond donors (Lipinski definition) is 1. The Balaban J connectivity index is 1.87. The predicted octanol–water partition coefficient (Wildman–Crippen LogP) is 2.83. The highest BCUT2D eigenvalue weighted by Crippen LogP contribution is 2.66. The molecule has 98 valence electrons. The lowest BCUT2D eigenvalue weighted by Crippen LogP contribution is -2.59. The van der Waals surface area contributed by atoms with Gasteiger partial charge < -0.3 is 10.1 Å². The first kappa shape index (κ1) is 12.0. The van der Waals surface area contributed by atoms with Gasteiger partial charge in [-0.15, -0.1) is 0 Å². The number of ether oxygens (including phenoxy) is 1. The molecule has 0 amide bonds. The van der Waals surface area contributed by atoms with E-state index in [0.29, 0.717) is 16.9 Å². The van der Waals surface area contributed by atoms with E-state index in [1.165, 1.54) is 38.5 Å². The molecule has 0 spiro atoms. The fourth-order valence-corrected chi connectivity index (χ4v) is 5.94. The van der Waals surface area contributed by atoms with E-state index in [2.05, 4.69) is 19.3 Å². The van der Waals surface area contributed by atoms with Gasteiger partial charge in [0.05, 0.1) is 6.61 Å². The third-order valence-corrected chi connectivity index (χ3v) is 5.82. The van der Waals surface area contributed by atoms with E-state index in [4.69, 9.17) is 4.74 Å². The van der Waals surface area contributed by atoms with Crippen LogP contribution in [0.1, 0.15) is 45.4 Å². The zero-order valence-corrected chi connectivity index (χ0v) is 11.6. The van der Waals surface area contributed by atoms with Crippen molar-refractivity contribution in [3.63, 3.8) is 0 Å². The average Bonchev–Trinajstić information content (AvgIpc) is 2.22. The van der Waals surface area contributed by atoms with E-state index in [-0.39, 0.29) is 0 Å². The van der Waals surface area contributed by atoms with Crippen LogP contribution in [0.3, 0.4) is 0 Å². The van der Waals surface area contributed by atoms with Crippen LogP contribution in [-0.4, -0.2) is 26.8 Å². The highest BCUT2D eigenvalue weighted by atomic mass is 16.5. The van der Waals surface area contributed by atoms with Gasteiger partial charge in [-0.05, 0) is 68.2 Å². The summed E-state index contributed by atoms with van der Waals surface area (Å²) in [4.78, 5) is 0. The molecule has 0 radical (unpaired) electrons. The Kier molecular flexibility index (Phi) is 2.79. The summed E-state index contributed by atoms with van der Waals surface area (Å²) in [7, 11) is 3.96. The van der Waals surface area contributed by atoms with Crippen molar-refractivity contribution in [1.82, 2.24) is 5.32 Å². The summed E-state index contributed by atoms with van der Waals surface area (Å²) in [5.41, 5.74) is 1.19. The summed E-state index contributed by atoms with van der Waals surface area (Å²) < 4.78 is 5.45. The normalized spacial score (nSPS) is 49.6. The molecule has 4 rings (SSSR count). The molecule has 4 saturated carbocycles. The molecule has 0 heterocycles. The topological polar surface area (TPSA) is 21.3 Å². The zero-order valence-electron chi connectivity index (χ0n) is 11.6. The first-order valence-corrected chi connectivity index (χ1v) is 7.25. The molecule has 4 bridgehead atoms. The maximum Gasteiger partial charge on any atom is 0.0621 e. The molecule has 1 N–H and O–H groups in total. The van der Waals surface area contributed by atoms with Crippen molar-refractivity contribution in [2.45, 2.75) is 51.5 Å². The van der Waals surface area contributed by atoms with Crippen molar-refractivity contribution in [2.75, 3.05) is 20.8 Å². The highest BCUT2D eigenvalue weighted by molar-refractivity contribution is 5.09. The van der Waals surface area contributed by atoms with Crippen molar-refractivity contribution >= 4 is 0 Å². The number of likely N-dealkylation sites (N-methyl/N-ethyl adjacent to an activating group) is 1. The summed E-state index contributed by atoms with van der Waals surface area (Å²) in [6.07, 6.45) is 8.84. The lowest BCUT2D eigenvalue weighted by Gasteiger charge is -2.63. The second kappa shape index (κ2) is 3.96. The monoisotopic (exact) mass is 237 g/mol. The van der Waals surface area contributed by atoms with Crippen molar-refractivity contribution in [1.29, 1.82) is 0 Å². The largest absolute Gasteiger partial charge is 0.383 e. The standard InChI is InChI=1S/C15H27NO/c1-14-5-11-4-12(6-14)8-15(7-11,10-14)13(16-2)9-17-3/h11-13,16H,4-10H2,1-3H3. The van der Waals surface area contributed by atoms with E-state index < -0.39 is 0 Å². The van der Waals surface area contributed by atoms with E-state index in [1.807, 2.05) is 7.11 Å². The Bertz CT molecular complexity index is 287. The molecule has 0 saturated heterocycles. The Hall–Kier alpha value is -0.0800. The van der Waals surface area contributed by atoms with Gasteiger partial charge in [-0.2, -0.15) is 0 Å². The minimum absolute atomic E-state index is 0.545. The second-order valence-corrected chi connectivity index (χ2v) is 7.43. The summed E-state index contributed by atoms with van der Waals surface area (Å²) in [6, 6.07) is 0.567. The number of methoxy groups -OCH3 is 1. The summed E-state index contributed by atoms with van der Waals surface area (Å²) in [6.45, 7) is 3.42. The first-order chi connectivity index (χ1) is 8.09. The maximum absolute atomic E-state index is 5.45. The molecule has 3 atom stereocenters. The Morgan fingerprint density at radius 2 is 1.88 bits per heavy atom. The molecule has 3 unspecified atom stereocenters. The SMILES string of the molecule is CNC(COC)C12CC3CC(CC(C)(C3)C1)C2. The molecule has 0 aromatic rings. The minimum Gasteiger partial charge on any atom is -0.383 e. The van der Waals surface area contributed by atoms with E-state index in [0.717, 1.165) is 18.4 Å². The van der Waals surface area contributed by atoms with Gasteiger partial charge in [-0.3, -0.25) is 0 Å². The van der Waals surface area contributed by atoms with Crippen LogP contribution in [0.15, 0.2) is 0 Å². The molecule has 17 heavy (non-hydrogen) atoms. The van der Waals surface area contributed by atoms with Crippen LogP contribution in [0.5, 0.6) is 0 Å². The molecular weight excluding hydrogens is 210 g/mol. The number of hydrogen-bond acceptors (Lipinski definition) is 2. The Morgan fingerprint density at radius 3 is 2.35 bits per heavy atom. The van der Waals surface area contributed by atoms with Crippen LogP contribution < -0.4 is 5.32 Å². The van der Waals surface area contributed by atoms with Crippen LogP contribution in [-0.2, 0) is 4.74 Å². The smallest absolute Gasteiger partial charge is 0.0621 e. The van der Waals surface area contributed by atoms with Gasteiger partial charge in [0.15, 0.2) is 0 Å². The zero-order chi connectivity index (χ0) is 12.1. The highest BCUT2D eigenvalue weighted by Gasteiger charge is 2.57. The average molecular weight is 237 g/mol. The molecule has 4 fully saturated rings. The Morgan fingerprint density at radius 1 is 1.24 bits per heavy atom. The van der Waals surface area contributed by atoms with Crippen LogP contribution in [0.2, 0.25) is 0 Å². The first-order valence-electron chi connectivity index (χ1n) is 7.25. The molecular formula is C15H27NO. The molecule has 0 aromatic carbocycles. The molecule has 4 aliphatic rings. The molecule has 2 nitrogen and oxygen atoms in total. The van der Waals surface area contributed by atoms with Crippen LogP contribution in [0, 0.1) is 22.7 Å². The Labute approximate surface area is 105 Å². The molecule has 0 aliphatic heterocycles. The van der Waals surface area contributed by atoms with Crippen LogP contribution in [0.25, 0.3) is 0 Å². The van der Waals surface area contributed by atoms with E-state index >= 15 is 0 Å². The van der Waals surface area contributed by atoms with Gasteiger partial charge in [0.1, 0.15) is 0 Å². The van der Waals surface area contributed by atoms with E-state index in [1.54, 1.807) is 0 Å².